The first kappa shape index (κ1) is 30.6. The molecule has 41 heavy (non-hydrogen) atoms. The van der Waals surface area contributed by atoms with Crippen LogP contribution in [0.25, 0.3) is 0 Å². The Bertz CT molecular complexity index is 989. The number of halogens is 1. The number of nitrogens with one attached hydrogen (secondary N) is 1. The molecule has 1 aromatic carbocycles. The molecule has 2 saturated heterocycles. The molecule has 2 unspecified atom stereocenters. The van der Waals surface area contributed by atoms with Crippen molar-refractivity contribution >= 4 is 23.5 Å². The summed E-state index contributed by atoms with van der Waals surface area (Å²) in [5.74, 6) is 0.186. The van der Waals surface area contributed by atoms with Crippen LogP contribution in [0.1, 0.15) is 103 Å². The van der Waals surface area contributed by atoms with E-state index >= 15 is 0 Å². The van der Waals surface area contributed by atoms with Crippen molar-refractivity contribution in [2.45, 2.75) is 146 Å². The zero-order valence-electron chi connectivity index (χ0n) is 25.3. The van der Waals surface area contributed by atoms with Gasteiger partial charge in [0.25, 0.3) is 0 Å². The fourth-order valence-corrected chi connectivity index (χ4v) is 8.03. The second-order valence-electron chi connectivity index (χ2n) is 13.4. The number of likely N-dealkylation sites (tertiary alicyclic amines) is 2. The summed E-state index contributed by atoms with van der Waals surface area (Å²) >= 11 is 6.14. The Morgan fingerprint density at radius 1 is 0.878 bits per heavy atom. The summed E-state index contributed by atoms with van der Waals surface area (Å²) in [6.07, 6.45) is 14.5. The molecule has 3 amide bonds. The predicted octanol–water partition coefficient (Wildman–Crippen LogP) is 5.73. The zero-order chi connectivity index (χ0) is 28.9. The molecule has 3 N–H and O–H groups in total. The molecule has 2 saturated carbocycles. The van der Waals surface area contributed by atoms with Crippen LogP contribution in [0, 0.1) is 0 Å². The molecule has 2 aliphatic heterocycles. The van der Waals surface area contributed by atoms with E-state index in [2.05, 4.69) is 33.9 Å². The number of amides is 3. The van der Waals surface area contributed by atoms with Crippen molar-refractivity contribution in [1.29, 1.82) is 0 Å². The number of nitrogens with two attached hydrogens (primary N) is 1. The van der Waals surface area contributed by atoms with E-state index in [0.717, 1.165) is 69.8 Å². The minimum Gasteiger partial charge on any atom is -0.341 e. The minimum atomic E-state index is -0.269. The van der Waals surface area contributed by atoms with Gasteiger partial charge in [-0.05, 0) is 102 Å². The van der Waals surface area contributed by atoms with Crippen LogP contribution >= 0.6 is 11.6 Å². The third-order valence-corrected chi connectivity index (χ3v) is 10.6. The molecule has 0 spiro atoms. The van der Waals surface area contributed by atoms with Gasteiger partial charge in [-0.2, -0.15) is 0 Å². The molecule has 4 fully saturated rings. The largest absolute Gasteiger partial charge is 0.341 e. The zero-order valence-corrected chi connectivity index (χ0v) is 26.0. The molecule has 1 aromatic rings. The second kappa shape index (κ2) is 14.1. The summed E-state index contributed by atoms with van der Waals surface area (Å²) in [5.41, 5.74) is 7.28. The van der Waals surface area contributed by atoms with Crippen molar-refractivity contribution in [2.24, 2.45) is 5.73 Å². The number of piperidine rings is 1. The quantitative estimate of drug-likeness (QED) is 0.428. The third kappa shape index (κ3) is 7.58. The highest BCUT2D eigenvalue weighted by Crippen LogP contribution is 2.33. The van der Waals surface area contributed by atoms with Crippen LogP contribution in [0.15, 0.2) is 24.3 Å². The highest BCUT2D eigenvalue weighted by Gasteiger charge is 2.41. The van der Waals surface area contributed by atoms with Crippen LogP contribution < -0.4 is 11.1 Å². The van der Waals surface area contributed by atoms with Gasteiger partial charge in [0.2, 0.25) is 5.91 Å². The van der Waals surface area contributed by atoms with E-state index in [4.69, 9.17) is 17.3 Å². The summed E-state index contributed by atoms with van der Waals surface area (Å²) < 4.78 is 0. The second-order valence-corrected chi connectivity index (χ2v) is 13.8. The molecule has 5 rings (SSSR count). The first-order valence-corrected chi connectivity index (χ1v) is 16.8. The van der Waals surface area contributed by atoms with E-state index in [1.54, 1.807) is 0 Å². The molecule has 2 aliphatic carbocycles. The number of carbonyl (C=O) groups excluding carboxylic acids is 2. The lowest BCUT2D eigenvalue weighted by Crippen LogP contribution is -2.59. The van der Waals surface area contributed by atoms with Crippen molar-refractivity contribution in [3.05, 3.63) is 34.9 Å². The topological polar surface area (TPSA) is 81.9 Å². The van der Waals surface area contributed by atoms with Crippen LogP contribution in [-0.4, -0.2) is 82.0 Å². The Morgan fingerprint density at radius 3 is 2.07 bits per heavy atom. The molecule has 2 heterocycles. The van der Waals surface area contributed by atoms with Crippen molar-refractivity contribution in [3.8, 4) is 0 Å². The average molecular weight is 586 g/mol. The van der Waals surface area contributed by atoms with E-state index in [9.17, 15) is 9.59 Å². The lowest BCUT2D eigenvalue weighted by atomic mass is 9.90. The van der Waals surface area contributed by atoms with Crippen LogP contribution in [0.3, 0.4) is 0 Å². The van der Waals surface area contributed by atoms with E-state index < -0.39 is 0 Å². The fourth-order valence-electron chi connectivity index (χ4n) is 7.90. The Balaban J connectivity index is 1.26. The summed E-state index contributed by atoms with van der Waals surface area (Å²) in [7, 11) is 0. The van der Waals surface area contributed by atoms with Crippen molar-refractivity contribution < 1.29 is 9.59 Å². The Kier molecular flexibility index (Phi) is 10.5. The highest BCUT2D eigenvalue weighted by atomic mass is 35.5. The standard InChI is InChI=1S/C33H52ClN5O2/c1-23-8-9-24(2)38(23)33(41)39(29-6-4-3-5-7-29)30-18-20-37(21-19-30)32(40)31(22-25-10-12-26(34)13-11-25)36-28-16-14-27(35)15-17-28/h10-13,23-24,27-31,36H,3-9,14-22,35H2,1-2H3/t23?,24?,27-,28+,31-/m1/s1. The van der Waals surface area contributed by atoms with E-state index in [0.29, 0.717) is 48.7 Å². The molecule has 0 bridgehead atoms. The molecule has 7 nitrogen and oxygen atoms in total. The SMILES string of the molecule is CC1CCC(C)N1C(=O)N(C1CCCCC1)C1CCN(C(=O)[C@@H](Cc2ccc(Cl)cc2)N[C@H]2CC[C@@H](N)CC2)CC1. The molecule has 4 aliphatic rings. The molecule has 0 aromatic heterocycles. The first-order chi connectivity index (χ1) is 19.8. The van der Waals surface area contributed by atoms with Gasteiger partial charge in [0.15, 0.2) is 0 Å². The van der Waals surface area contributed by atoms with Gasteiger partial charge >= 0.3 is 6.03 Å². The summed E-state index contributed by atoms with van der Waals surface area (Å²) in [6, 6.07) is 9.59. The number of benzene rings is 1. The average Bonchev–Trinajstić information content (AvgIpc) is 3.33. The van der Waals surface area contributed by atoms with Gasteiger partial charge in [0.1, 0.15) is 0 Å². The maximum atomic E-state index is 14.1. The first-order valence-electron chi connectivity index (χ1n) is 16.5. The molecular weight excluding hydrogens is 534 g/mol. The molecule has 0 radical (unpaired) electrons. The number of hydrogen-bond donors (Lipinski definition) is 2. The number of rotatable bonds is 7. The number of hydrogen-bond acceptors (Lipinski definition) is 4. The van der Waals surface area contributed by atoms with Crippen molar-refractivity contribution in [3.63, 3.8) is 0 Å². The normalized spacial score (nSPS) is 29.0. The Hall–Kier alpha value is -1.83. The van der Waals surface area contributed by atoms with Gasteiger partial charge in [0, 0.05) is 54.4 Å². The number of nitrogens with zero attached hydrogens (tertiary/aromatic N) is 3. The van der Waals surface area contributed by atoms with Gasteiger partial charge < -0.3 is 25.8 Å². The highest BCUT2D eigenvalue weighted by molar-refractivity contribution is 6.30. The summed E-state index contributed by atoms with van der Waals surface area (Å²) in [4.78, 5) is 34.6. The van der Waals surface area contributed by atoms with E-state index in [1.807, 2.05) is 24.3 Å². The molecule has 3 atom stereocenters. The fraction of sp³-hybridized carbons (Fsp3) is 0.758. The van der Waals surface area contributed by atoms with Crippen LogP contribution in [0.5, 0.6) is 0 Å². The van der Waals surface area contributed by atoms with E-state index in [-0.39, 0.29) is 30.1 Å². The molecule has 228 valence electrons. The number of carbonyl (C=O) groups is 2. The monoisotopic (exact) mass is 585 g/mol. The maximum absolute atomic E-state index is 14.1. The molecule has 8 heteroatoms. The minimum absolute atomic E-state index is 0.186. The van der Waals surface area contributed by atoms with Gasteiger partial charge in [-0.25, -0.2) is 4.79 Å². The van der Waals surface area contributed by atoms with Crippen LogP contribution in [0.2, 0.25) is 5.02 Å². The smallest absolute Gasteiger partial charge is 0.320 e. The van der Waals surface area contributed by atoms with E-state index in [1.165, 1.54) is 19.3 Å². The number of urea groups is 1. The maximum Gasteiger partial charge on any atom is 0.320 e. The Labute approximate surface area is 252 Å². The summed E-state index contributed by atoms with van der Waals surface area (Å²) in [5, 5.41) is 4.45. The Morgan fingerprint density at radius 2 is 1.46 bits per heavy atom. The van der Waals surface area contributed by atoms with Crippen molar-refractivity contribution in [2.75, 3.05) is 13.1 Å². The molecular formula is C33H52ClN5O2. The van der Waals surface area contributed by atoms with Crippen molar-refractivity contribution in [1.82, 2.24) is 20.0 Å². The summed E-state index contributed by atoms with van der Waals surface area (Å²) in [6.45, 7) is 5.82. The van der Waals surface area contributed by atoms with Crippen LogP contribution in [0.4, 0.5) is 4.79 Å². The lowest BCUT2D eigenvalue weighted by Gasteiger charge is -2.46. The van der Waals surface area contributed by atoms with Gasteiger partial charge in [-0.15, -0.1) is 0 Å². The van der Waals surface area contributed by atoms with Gasteiger partial charge in [0.05, 0.1) is 6.04 Å². The van der Waals surface area contributed by atoms with Gasteiger partial charge in [-0.1, -0.05) is 43.0 Å². The predicted molar refractivity (Wildman–Crippen MR) is 166 cm³/mol. The lowest BCUT2D eigenvalue weighted by molar-refractivity contribution is -0.135. The van der Waals surface area contributed by atoms with Gasteiger partial charge in [-0.3, -0.25) is 4.79 Å². The third-order valence-electron chi connectivity index (χ3n) is 10.4. The van der Waals surface area contributed by atoms with Crippen LogP contribution in [-0.2, 0) is 11.2 Å².